The summed E-state index contributed by atoms with van der Waals surface area (Å²) in [5, 5.41) is 9.16. The van der Waals surface area contributed by atoms with Crippen LogP contribution >= 0.6 is 0 Å². The molecule has 1 fully saturated rings. The summed E-state index contributed by atoms with van der Waals surface area (Å²) in [5.74, 6) is -1.66. The van der Waals surface area contributed by atoms with E-state index in [1.807, 2.05) is 31.2 Å². The van der Waals surface area contributed by atoms with Crippen LogP contribution in [0.25, 0.3) is 0 Å². The predicted octanol–water partition coefficient (Wildman–Crippen LogP) is 1.60. The van der Waals surface area contributed by atoms with E-state index in [9.17, 15) is 9.59 Å². The molecule has 0 unspecified atom stereocenters. The Kier molecular flexibility index (Phi) is 2.88. The Morgan fingerprint density at radius 3 is 2.47 bits per heavy atom. The average Bonchev–Trinajstić information content (AvgIpc) is 2.57. The highest BCUT2D eigenvalue weighted by atomic mass is 16.4. The van der Waals surface area contributed by atoms with Crippen LogP contribution in [0.15, 0.2) is 24.3 Å². The first kappa shape index (κ1) is 11.6. The van der Waals surface area contributed by atoms with Crippen LogP contribution in [-0.2, 0) is 9.59 Å². The first-order valence-electron chi connectivity index (χ1n) is 5.55. The lowest BCUT2D eigenvalue weighted by Crippen LogP contribution is -2.26. The first-order valence-corrected chi connectivity index (χ1v) is 5.55. The molecule has 90 valence electrons. The number of likely N-dealkylation sites (tertiary alicyclic amines) is 1. The largest absolute Gasteiger partial charge is 0.481 e. The summed E-state index contributed by atoms with van der Waals surface area (Å²) in [6.45, 7) is 1.97. The highest BCUT2D eigenvalue weighted by molar-refractivity contribution is 5.87. The number of carbonyl (C=O) groups excluding carboxylic acids is 1. The van der Waals surface area contributed by atoms with Gasteiger partial charge in [-0.05, 0) is 12.5 Å². The molecule has 0 aromatic heterocycles. The molecular weight excluding hydrogens is 218 g/mol. The number of benzene rings is 1. The zero-order valence-electron chi connectivity index (χ0n) is 9.88. The molecule has 2 atom stereocenters. The fourth-order valence-electron chi connectivity index (χ4n) is 2.31. The monoisotopic (exact) mass is 233 g/mol. The van der Waals surface area contributed by atoms with Crippen molar-refractivity contribution in [2.45, 2.75) is 19.4 Å². The lowest BCUT2D eigenvalue weighted by Gasteiger charge is -2.23. The smallest absolute Gasteiger partial charge is 0.309 e. The molecule has 0 bridgehead atoms. The molecule has 0 aliphatic carbocycles. The van der Waals surface area contributed by atoms with Gasteiger partial charge in [0, 0.05) is 13.5 Å². The molecule has 1 N–H and O–H groups in total. The molecular formula is C13H15NO3. The Bertz CT molecular complexity index is 452. The Morgan fingerprint density at radius 2 is 1.94 bits per heavy atom. The molecule has 4 nitrogen and oxygen atoms in total. The van der Waals surface area contributed by atoms with E-state index in [2.05, 4.69) is 0 Å². The minimum absolute atomic E-state index is 0.0877. The number of hydrogen-bond donors (Lipinski definition) is 1. The van der Waals surface area contributed by atoms with Crippen molar-refractivity contribution >= 4 is 11.9 Å². The van der Waals surface area contributed by atoms with E-state index in [4.69, 9.17) is 5.11 Å². The summed E-state index contributed by atoms with van der Waals surface area (Å²) < 4.78 is 0. The van der Waals surface area contributed by atoms with Gasteiger partial charge in [-0.3, -0.25) is 9.59 Å². The van der Waals surface area contributed by atoms with Crippen LogP contribution in [0.5, 0.6) is 0 Å². The van der Waals surface area contributed by atoms with E-state index >= 15 is 0 Å². The Labute approximate surface area is 99.9 Å². The number of amides is 1. The van der Waals surface area contributed by atoms with E-state index in [0.29, 0.717) is 0 Å². The number of carboxylic acids is 1. The van der Waals surface area contributed by atoms with Gasteiger partial charge >= 0.3 is 5.97 Å². The van der Waals surface area contributed by atoms with Gasteiger partial charge in [0.1, 0.15) is 0 Å². The van der Waals surface area contributed by atoms with Crippen LogP contribution in [0, 0.1) is 12.8 Å². The first-order chi connectivity index (χ1) is 8.00. The number of aliphatic carboxylic acids is 1. The molecule has 0 saturated carbocycles. The van der Waals surface area contributed by atoms with Gasteiger partial charge in [0.05, 0.1) is 12.0 Å². The van der Waals surface area contributed by atoms with Crippen molar-refractivity contribution in [2.24, 2.45) is 5.92 Å². The van der Waals surface area contributed by atoms with Gasteiger partial charge in [-0.15, -0.1) is 0 Å². The van der Waals surface area contributed by atoms with E-state index in [1.54, 1.807) is 7.05 Å². The van der Waals surface area contributed by atoms with Crippen molar-refractivity contribution in [1.82, 2.24) is 4.90 Å². The zero-order chi connectivity index (χ0) is 12.6. The molecule has 1 heterocycles. The lowest BCUT2D eigenvalue weighted by molar-refractivity contribution is -0.142. The average molecular weight is 233 g/mol. The summed E-state index contributed by atoms with van der Waals surface area (Å²) in [6, 6.07) is 7.31. The predicted molar refractivity (Wildman–Crippen MR) is 62.4 cm³/mol. The fraction of sp³-hybridized carbons (Fsp3) is 0.385. The molecule has 0 spiro atoms. The molecule has 1 aliphatic rings. The minimum Gasteiger partial charge on any atom is -0.481 e. The molecule has 1 aromatic rings. The van der Waals surface area contributed by atoms with E-state index in [1.165, 1.54) is 4.90 Å². The van der Waals surface area contributed by atoms with Gasteiger partial charge in [-0.1, -0.05) is 29.8 Å². The van der Waals surface area contributed by atoms with Crippen LogP contribution < -0.4 is 0 Å². The fourth-order valence-corrected chi connectivity index (χ4v) is 2.31. The van der Waals surface area contributed by atoms with E-state index in [-0.39, 0.29) is 18.4 Å². The summed E-state index contributed by atoms with van der Waals surface area (Å²) >= 11 is 0. The Balaban J connectivity index is 2.37. The third kappa shape index (κ3) is 2.02. The maximum atomic E-state index is 11.6. The van der Waals surface area contributed by atoms with Crippen LogP contribution in [0.3, 0.4) is 0 Å². The third-order valence-corrected chi connectivity index (χ3v) is 3.32. The Morgan fingerprint density at radius 1 is 1.35 bits per heavy atom. The van der Waals surface area contributed by atoms with Gasteiger partial charge in [0.25, 0.3) is 0 Å². The molecule has 4 heteroatoms. The summed E-state index contributed by atoms with van der Waals surface area (Å²) in [7, 11) is 1.66. The van der Waals surface area contributed by atoms with Gasteiger partial charge in [-0.2, -0.15) is 0 Å². The number of hydrogen-bond acceptors (Lipinski definition) is 2. The van der Waals surface area contributed by atoms with Crippen molar-refractivity contribution < 1.29 is 14.7 Å². The second-order valence-corrected chi connectivity index (χ2v) is 4.51. The molecule has 1 saturated heterocycles. The van der Waals surface area contributed by atoms with Gasteiger partial charge < -0.3 is 10.0 Å². The number of rotatable bonds is 2. The maximum absolute atomic E-state index is 11.6. The van der Waals surface area contributed by atoms with Gasteiger partial charge in [0.15, 0.2) is 0 Å². The SMILES string of the molecule is Cc1ccc([C@H]2[C@H](C(=O)O)CC(=O)N2C)cc1. The zero-order valence-corrected chi connectivity index (χ0v) is 9.88. The van der Waals surface area contributed by atoms with Crippen LogP contribution in [0.1, 0.15) is 23.6 Å². The van der Waals surface area contributed by atoms with Crippen LogP contribution in [-0.4, -0.2) is 28.9 Å². The molecule has 17 heavy (non-hydrogen) atoms. The highest BCUT2D eigenvalue weighted by Gasteiger charge is 2.42. The highest BCUT2D eigenvalue weighted by Crippen LogP contribution is 2.36. The van der Waals surface area contributed by atoms with Crippen molar-refractivity contribution in [1.29, 1.82) is 0 Å². The molecule has 1 aliphatic heterocycles. The normalized spacial score (nSPS) is 24.1. The van der Waals surface area contributed by atoms with Crippen molar-refractivity contribution in [3.8, 4) is 0 Å². The molecule has 2 rings (SSSR count). The second-order valence-electron chi connectivity index (χ2n) is 4.51. The van der Waals surface area contributed by atoms with Crippen molar-refractivity contribution in [3.63, 3.8) is 0 Å². The maximum Gasteiger partial charge on any atom is 0.309 e. The lowest BCUT2D eigenvalue weighted by atomic mass is 9.93. The standard InChI is InChI=1S/C13H15NO3/c1-8-3-5-9(6-4-8)12-10(13(16)17)7-11(15)14(12)2/h3-6,10,12H,7H2,1-2H3,(H,16,17)/t10-,12+/m1/s1. The quantitative estimate of drug-likeness (QED) is 0.844. The van der Waals surface area contributed by atoms with Crippen molar-refractivity contribution in [2.75, 3.05) is 7.05 Å². The van der Waals surface area contributed by atoms with E-state index in [0.717, 1.165) is 11.1 Å². The van der Waals surface area contributed by atoms with E-state index < -0.39 is 11.9 Å². The summed E-state index contributed by atoms with van der Waals surface area (Å²) in [5.41, 5.74) is 2.00. The topological polar surface area (TPSA) is 57.6 Å². The van der Waals surface area contributed by atoms with Crippen LogP contribution in [0.4, 0.5) is 0 Å². The molecule has 1 aromatic carbocycles. The minimum atomic E-state index is -0.909. The Hall–Kier alpha value is -1.84. The summed E-state index contributed by atoms with van der Waals surface area (Å²) in [4.78, 5) is 24.3. The third-order valence-electron chi connectivity index (χ3n) is 3.32. The van der Waals surface area contributed by atoms with Gasteiger partial charge in [-0.25, -0.2) is 0 Å². The number of aryl methyl sites for hydroxylation is 1. The second kappa shape index (κ2) is 4.20. The van der Waals surface area contributed by atoms with Gasteiger partial charge in [0.2, 0.25) is 5.91 Å². The van der Waals surface area contributed by atoms with Crippen LogP contribution in [0.2, 0.25) is 0 Å². The van der Waals surface area contributed by atoms with Crippen molar-refractivity contribution in [3.05, 3.63) is 35.4 Å². The summed E-state index contributed by atoms with van der Waals surface area (Å²) in [6.07, 6.45) is 0.0877. The number of carbonyl (C=O) groups is 2. The number of carboxylic acid groups (broad SMARTS) is 1. The molecule has 1 amide bonds. The number of nitrogens with zero attached hydrogens (tertiary/aromatic N) is 1. The molecule has 0 radical (unpaired) electrons.